The van der Waals surface area contributed by atoms with Crippen LogP contribution in [0, 0.1) is 11.6 Å². The van der Waals surface area contributed by atoms with E-state index >= 15 is 0 Å². The number of halogens is 3. The summed E-state index contributed by atoms with van der Waals surface area (Å²) in [6.07, 6.45) is 0. The first-order valence-corrected chi connectivity index (χ1v) is 6.22. The number of hydrogen-bond donors (Lipinski definition) is 2. The molecule has 0 bridgehead atoms. The minimum atomic E-state index is -1.15. The Morgan fingerprint density at radius 1 is 1.24 bits per heavy atom. The number of aromatic amines is 1. The van der Waals surface area contributed by atoms with Crippen molar-refractivity contribution in [3.05, 3.63) is 52.6 Å². The lowest BCUT2D eigenvalue weighted by Gasteiger charge is -2.01. The van der Waals surface area contributed by atoms with Crippen LogP contribution in [0.1, 0.15) is 10.4 Å². The molecule has 0 radical (unpaired) electrons. The van der Waals surface area contributed by atoms with E-state index in [1.54, 1.807) is 6.07 Å². The predicted molar refractivity (Wildman–Crippen MR) is 73.4 cm³/mol. The number of carboxylic acids is 1. The number of aromatic nitrogens is 2. The highest BCUT2D eigenvalue weighted by atomic mass is 35.5. The number of hydrogen-bond acceptors (Lipinski definition) is 2. The molecule has 0 spiro atoms. The summed E-state index contributed by atoms with van der Waals surface area (Å²) in [4.78, 5) is 17.9. The molecule has 2 N–H and O–H groups in total. The van der Waals surface area contributed by atoms with Crippen molar-refractivity contribution >= 4 is 28.6 Å². The molecule has 3 aromatic rings. The first-order valence-electron chi connectivity index (χ1n) is 5.84. The molecule has 4 nitrogen and oxygen atoms in total. The molecule has 21 heavy (non-hydrogen) atoms. The molecule has 0 saturated heterocycles. The molecule has 0 aliphatic rings. The van der Waals surface area contributed by atoms with Crippen LogP contribution >= 0.6 is 11.6 Å². The van der Waals surface area contributed by atoms with Crippen molar-refractivity contribution in [2.75, 3.05) is 0 Å². The van der Waals surface area contributed by atoms with Crippen molar-refractivity contribution in [3.63, 3.8) is 0 Å². The second-order valence-electron chi connectivity index (χ2n) is 4.34. The van der Waals surface area contributed by atoms with Gasteiger partial charge in [-0.1, -0.05) is 17.7 Å². The van der Waals surface area contributed by atoms with Gasteiger partial charge in [-0.25, -0.2) is 18.6 Å². The Hall–Kier alpha value is -2.47. The normalized spacial score (nSPS) is 11.0. The van der Waals surface area contributed by atoms with Gasteiger partial charge in [-0.3, -0.25) is 0 Å². The monoisotopic (exact) mass is 308 g/mol. The zero-order valence-electron chi connectivity index (χ0n) is 10.3. The molecular formula is C14H7ClF2N2O2. The average molecular weight is 309 g/mol. The van der Waals surface area contributed by atoms with Crippen LogP contribution in [0.5, 0.6) is 0 Å². The summed E-state index contributed by atoms with van der Waals surface area (Å²) in [6.45, 7) is 0. The van der Waals surface area contributed by atoms with Gasteiger partial charge in [-0.05, 0) is 24.3 Å². The molecule has 0 saturated carbocycles. The third-order valence-electron chi connectivity index (χ3n) is 3.01. The summed E-state index contributed by atoms with van der Waals surface area (Å²) in [5.41, 5.74) is 0.448. The van der Waals surface area contributed by atoms with E-state index in [-0.39, 0.29) is 27.5 Å². The van der Waals surface area contributed by atoms with E-state index in [9.17, 15) is 13.6 Å². The highest BCUT2D eigenvalue weighted by molar-refractivity contribution is 6.30. The van der Waals surface area contributed by atoms with Crippen LogP contribution in [-0.4, -0.2) is 21.0 Å². The summed E-state index contributed by atoms with van der Waals surface area (Å²) < 4.78 is 27.3. The summed E-state index contributed by atoms with van der Waals surface area (Å²) in [7, 11) is 0. The lowest BCUT2D eigenvalue weighted by atomic mass is 10.2. The third-order valence-corrected chi connectivity index (χ3v) is 3.30. The maximum absolute atomic E-state index is 13.9. The van der Waals surface area contributed by atoms with E-state index in [0.29, 0.717) is 5.52 Å². The molecule has 106 valence electrons. The molecule has 7 heteroatoms. The van der Waals surface area contributed by atoms with E-state index in [1.807, 2.05) is 0 Å². The Morgan fingerprint density at radius 3 is 2.71 bits per heavy atom. The van der Waals surface area contributed by atoms with Gasteiger partial charge in [0.2, 0.25) is 0 Å². The number of aromatic carboxylic acids is 1. The Kier molecular flexibility index (Phi) is 3.10. The Bertz CT molecular complexity index is 877. The fourth-order valence-corrected chi connectivity index (χ4v) is 2.19. The lowest BCUT2D eigenvalue weighted by molar-refractivity contribution is 0.0699. The van der Waals surface area contributed by atoms with Gasteiger partial charge in [0, 0.05) is 0 Å². The van der Waals surface area contributed by atoms with Crippen LogP contribution in [0.2, 0.25) is 5.02 Å². The number of imidazole rings is 1. The first-order chi connectivity index (χ1) is 9.97. The van der Waals surface area contributed by atoms with Crippen LogP contribution in [0.4, 0.5) is 8.78 Å². The van der Waals surface area contributed by atoms with Crippen molar-refractivity contribution in [2.45, 2.75) is 0 Å². The second kappa shape index (κ2) is 4.82. The predicted octanol–water partition coefficient (Wildman–Crippen LogP) is 3.86. The topological polar surface area (TPSA) is 66.0 Å². The number of carboxylic acid groups (broad SMARTS) is 1. The number of fused-ring (bicyclic) bond motifs is 1. The SMILES string of the molecule is O=C(O)c1cccc2[nH]c(-c3cc(F)c(Cl)cc3F)nc12. The number of para-hydroxylation sites is 1. The molecule has 1 heterocycles. The molecule has 0 aliphatic heterocycles. The number of benzene rings is 2. The van der Waals surface area contributed by atoms with Crippen LogP contribution in [0.3, 0.4) is 0 Å². The number of nitrogens with zero attached hydrogens (tertiary/aromatic N) is 1. The molecule has 1 aromatic heterocycles. The molecule has 0 fully saturated rings. The Balaban J connectivity index is 2.25. The zero-order chi connectivity index (χ0) is 15.1. The van der Waals surface area contributed by atoms with Crippen molar-refractivity contribution in [1.29, 1.82) is 0 Å². The quantitative estimate of drug-likeness (QED) is 0.706. The van der Waals surface area contributed by atoms with Gasteiger partial charge in [-0.2, -0.15) is 0 Å². The van der Waals surface area contributed by atoms with Gasteiger partial charge in [0.1, 0.15) is 23.0 Å². The molecular weight excluding hydrogens is 302 g/mol. The van der Waals surface area contributed by atoms with Gasteiger partial charge in [0.25, 0.3) is 0 Å². The number of H-pyrrole nitrogens is 1. The van der Waals surface area contributed by atoms with Crippen LogP contribution < -0.4 is 0 Å². The summed E-state index contributed by atoms with van der Waals surface area (Å²) >= 11 is 5.50. The van der Waals surface area contributed by atoms with Crippen molar-refractivity contribution in [2.24, 2.45) is 0 Å². The zero-order valence-corrected chi connectivity index (χ0v) is 11.1. The first kappa shape index (κ1) is 13.5. The molecule has 2 aromatic carbocycles. The Labute approximate surface area is 122 Å². The Morgan fingerprint density at radius 2 is 2.00 bits per heavy atom. The second-order valence-corrected chi connectivity index (χ2v) is 4.75. The molecule has 3 rings (SSSR count). The van der Waals surface area contributed by atoms with E-state index in [2.05, 4.69) is 9.97 Å². The number of rotatable bonds is 2. The van der Waals surface area contributed by atoms with Crippen molar-refractivity contribution in [1.82, 2.24) is 9.97 Å². The van der Waals surface area contributed by atoms with Gasteiger partial charge < -0.3 is 10.1 Å². The standard InChI is InChI=1S/C14H7ClF2N2O2/c15-8-5-9(16)7(4-10(8)17)13-18-11-3-1-2-6(14(20)21)12(11)19-13/h1-5H,(H,18,19)(H,20,21). The maximum atomic E-state index is 13.9. The highest BCUT2D eigenvalue weighted by Gasteiger charge is 2.17. The minimum Gasteiger partial charge on any atom is -0.478 e. The smallest absolute Gasteiger partial charge is 0.337 e. The van der Waals surface area contributed by atoms with Gasteiger partial charge in [0.15, 0.2) is 0 Å². The van der Waals surface area contributed by atoms with Crippen LogP contribution in [0.15, 0.2) is 30.3 Å². The fourth-order valence-electron chi connectivity index (χ4n) is 2.04. The van der Waals surface area contributed by atoms with Crippen molar-refractivity contribution < 1.29 is 18.7 Å². The number of nitrogens with one attached hydrogen (secondary N) is 1. The highest BCUT2D eigenvalue weighted by Crippen LogP contribution is 2.28. The molecule has 0 atom stereocenters. The van der Waals surface area contributed by atoms with Crippen LogP contribution in [-0.2, 0) is 0 Å². The van der Waals surface area contributed by atoms with E-state index in [1.165, 1.54) is 12.1 Å². The minimum absolute atomic E-state index is 0.0233. The van der Waals surface area contributed by atoms with Gasteiger partial charge in [-0.15, -0.1) is 0 Å². The average Bonchev–Trinajstić information content (AvgIpc) is 2.85. The summed E-state index contributed by atoms with van der Waals surface area (Å²) in [5, 5.41) is 8.76. The van der Waals surface area contributed by atoms with E-state index in [0.717, 1.165) is 12.1 Å². The lowest BCUT2D eigenvalue weighted by Crippen LogP contribution is -1.96. The van der Waals surface area contributed by atoms with E-state index in [4.69, 9.17) is 16.7 Å². The summed E-state index contributed by atoms with van der Waals surface area (Å²) in [5.74, 6) is -2.66. The maximum Gasteiger partial charge on any atom is 0.337 e. The van der Waals surface area contributed by atoms with Crippen LogP contribution in [0.25, 0.3) is 22.4 Å². The third kappa shape index (κ3) is 2.23. The largest absolute Gasteiger partial charge is 0.478 e. The van der Waals surface area contributed by atoms with Crippen molar-refractivity contribution in [3.8, 4) is 11.4 Å². The molecule has 0 aliphatic carbocycles. The van der Waals surface area contributed by atoms with Gasteiger partial charge >= 0.3 is 5.97 Å². The summed E-state index contributed by atoms with van der Waals surface area (Å²) in [6, 6.07) is 6.27. The number of carbonyl (C=O) groups is 1. The van der Waals surface area contributed by atoms with E-state index < -0.39 is 17.6 Å². The van der Waals surface area contributed by atoms with Gasteiger partial charge in [0.05, 0.1) is 21.7 Å². The fraction of sp³-hybridized carbons (Fsp3) is 0. The molecule has 0 amide bonds. The molecule has 0 unspecified atom stereocenters.